The summed E-state index contributed by atoms with van der Waals surface area (Å²) in [7, 11) is 1.33. The summed E-state index contributed by atoms with van der Waals surface area (Å²) in [5.74, 6) is -0.104. The van der Waals surface area contributed by atoms with Crippen molar-refractivity contribution in [1.29, 1.82) is 0 Å². The number of benzene rings is 1. The number of carbonyl (C=O) groups excluding carboxylic acids is 3. The van der Waals surface area contributed by atoms with E-state index < -0.39 is 12.0 Å². The number of carbonyl (C=O) groups is 3. The molecule has 1 aromatic rings. The first-order valence-corrected chi connectivity index (χ1v) is 9.75. The summed E-state index contributed by atoms with van der Waals surface area (Å²) >= 11 is 6.02. The minimum atomic E-state index is -0.603. The number of likely N-dealkylation sites (tertiary alicyclic amines) is 1. The highest BCUT2D eigenvalue weighted by atomic mass is 35.5. The van der Waals surface area contributed by atoms with Crippen molar-refractivity contribution in [2.45, 2.75) is 57.2 Å². The molecule has 1 N–H and O–H groups in total. The average molecular weight is 393 g/mol. The fraction of sp³-hybridized carbons (Fsp3) is 0.550. The van der Waals surface area contributed by atoms with Crippen molar-refractivity contribution in [3.8, 4) is 0 Å². The van der Waals surface area contributed by atoms with E-state index in [2.05, 4.69) is 5.32 Å². The van der Waals surface area contributed by atoms with Gasteiger partial charge in [-0.25, -0.2) is 4.79 Å². The van der Waals surface area contributed by atoms with Gasteiger partial charge in [0, 0.05) is 30.5 Å². The van der Waals surface area contributed by atoms with Gasteiger partial charge in [0.15, 0.2) is 0 Å². The summed E-state index contributed by atoms with van der Waals surface area (Å²) in [6.07, 6.45) is 4.06. The zero-order valence-electron chi connectivity index (χ0n) is 15.4. The van der Waals surface area contributed by atoms with Crippen LogP contribution >= 0.6 is 11.6 Å². The van der Waals surface area contributed by atoms with E-state index in [0.29, 0.717) is 36.7 Å². The maximum atomic E-state index is 12.5. The largest absolute Gasteiger partial charge is 0.467 e. The third kappa shape index (κ3) is 5.45. The first-order valence-electron chi connectivity index (χ1n) is 9.37. The highest BCUT2D eigenvalue weighted by Crippen LogP contribution is 2.34. The number of nitrogens with zero attached hydrogens (tertiary/aromatic N) is 1. The fourth-order valence-electron chi connectivity index (χ4n) is 3.57. The van der Waals surface area contributed by atoms with Crippen molar-refractivity contribution >= 4 is 29.4 Å². The molecule has 0 unspecified atom stereocenters. The fourth-order valence-corrected chi connectivity index (χ4v) is 3.78. The molecule has 2 fully saturated rings. The molecule has 1 saturated heterocycles. The molecule has 1 heterocycles. The van der Waals surface area contributed by atoms with Crippen LogP contribution in [0.1, 0.15) is 44.1 Å². The minimum absolute atomic E-state index is 0.0373. The molecule has 146 valence electrons. The topological polar surface area (TPSA) is 75.7 Å². The van der Waals surface area contributed by atoms with Crippen LogP contribution in [0.25, 0.3) is 0 Å². The van der Waals surface area contributed by atoms with Crippen LogP contribution in [0, 0.1) is 5.92 Å². The number of rotatable bonds is 8. The van der Waals surface area contributed by atoms with Crippen molar-refractivity contribution < 1.29 is 19.1 Å². The Labute approximate surface area is 164 Å². The maximum Gasteiger partial charge on any atom is 0.328 e. The van der Waals surface area contributed by atoms with Crippen LogP contribution in [-0.2, 0) is 25.7 Å². The molecule has 1 aliphatic carbocycles. The zero-order valence-corrected chi connectivity index (χ0v) is 16.2. The molecule has 2 aliphatic rings. The number of halogens is 1. The summed E-state index contributed by atoms with van der Waals surface area (Å²) in [5.41, 5.74) is 0.935. The second-order valence-electron chi connectivity index (χ2n) is 7.37. The molecule has 7 heteroatoms. The third-order valence-corrected chi connectivity index (χ3v) is 5.44. The van der Waals surface area contributed by atoms with Crippen LogP contribution in [0.2, 0.25) is 5.02 Å². The SMILES string of the molecule is COC(=O)[C@H](CC1CC1)NC(=O)C[C@@H]1CCC(=O)N1Cc1cccc(Cl)c1. The Bertz CT molecular complexity index is 720. The molecule has 0 aromatic heterocycles. The van der Waals surface area contributed by atoms with Gasteiger partial charge in [-0.2, -0.15) is 0 Å². The summed E-state index contributed by atoms with van der Waals surface area (Å²) in [6, 6.07) is 6.60. The molecular weight excluding hydrogens is 368 g/mol. The molecule has 1 aliphatic heterocycles. The molecule has 0 spiro atoms. The lowest BCUT2D eigenvalue weighted by Crippen LogP contribution is -2.44. The lowest BCUT2D eigenvalue weighted by atomic mass is 10.1. The number of methoxy groups -OCH3 is 1. The van der Waals surface area contributed by atoms with Crippen LogP contribution in [0.15, 0.2) is 24.3 Å². The predicted octanol–water partition coefficient (Wildman–Crippen LogP) is 2.68. The van der Waals surface area contributed by atoms with Crippen LogP contribution < -0.4 is 5.32 Å². The number of ether oxygens (including phenoxy) is 1. The van der Waals surface area contributed by atoms with Crippen LogP contribution in [-0.4, -0.2) is 41.9 Å². The number of nitrogens with one attached hydrogen (secondary N) is 1. The summed E-state index contributed by atoms with van der Waals surface area (Å²) < 4.78 is 4.81. The van der Waals surface area contributed by atoms with E-state index >= 15 is 0 Å². The standard InChI is InChI=1S/C20H25ClN2O4/c1-27-20(26)17(10-13-5-6-13)22-18(24)11-16-7-8-19(25)23(16)12-14-3-2-4-15(21)9-14/h2-4,9,13,16-17H,5-8,10-12H2,1H3,(H,22,24)/t16-,17-/m0/s1. The highest BCUT2D eigenvalue weighted by molar-refractivity contribution is 6.30. The van der Waals surface area contributed by atoms with Gasteiger partial charge in [-0.05, 0) is 36.5 Å². The van der Waals surface area contributed by atoms with Gasteiger partial charge in [0.1, 0.15) is 6.04 Å². The average Bonchev–Trinajstić information content (AvgIpc) is 3.40. The Morgan fingerprint density at radius 3 is 2.78 bits per heavy atom. The van der Waals surface area contributed by atoms with Crippen LogP contribution in [0.4, 0.5) is 0 Å². The molecule has 2 atom stereocenters. The molecule has 3 rings (SSSR count). The van der Waals surface area contributed by atoms with Gasteiger partial charge in [0.2, 0.25) is 11.8 Å². The van der Waals surface area contributed by atoms with Gasteiger partial charge >= 0.3 is 5.97 Å². The Morgan fingerprint density at radius 1 is 1.33 bits per heavy atom. The van der Waals surface area contributed by atoms with Crippen molar-refractivity contribution in [1.82, 2.24) is 10.2 Å². The number of esters is 1. The molecule has 2 amide bonds. The lowest BCUT2D eigenvalue weighted by molar-refractivity contribution is -0.145. The molecular formula is C20H25ClN2O4. The zero-order chi connectivity index (χ0) is 19.4. The summed E-state index contributed by atoms with van der Waals surface area (Å²) in [4.78, 5) is 38.4. The van der Waals surface area contributed by atoms with Gasteiger partial charge in [0.25, 0.3) is 0 Å². The normalized spacial score (nSPS) is 20.4. The first kappa shape index (κ1) is 19.7. The second-order valence-corrected chi connectivity index (χ2v) is 7.81. The Hall–Kier alpha value is -2.08. The molecule has 27 heavy (non-hydrogen) atoms. The van der Waals surface area contributed by atoms with Gasteiger partial charge in [0.05, 0.1) is 7.11 Å². The quantitative estimate of drug-likeness (QED) is 0.690. The number of hydrogen-bond acceptors (Lipinski definition) is 4. The van der Waals surface area contributed by atoms with Crippen LogP contribution in [0.5, 0.6) is 0 Å². The van der Waals surface area contributed by atoms with E-state index in [-0.39, 0.29) is 24.3 Å². The second kappa shape index (κ2) is 8.74. The molecule has 0 radical (unpaired) electrons. The molecule has 1 aromatic carbocycles. The van der Waals surface area contributed by atoms with Crippen molar-refractivity contribution in [3.63, 3.8) is 0 Å². The van der Waals surface area contributed by atoms with Gasteiger partial charge in [-0.1, -0.05) is 36.6 Å². The van der Waals surface area contributed by atoms with E-state index in [1.54, 1.807) is 11.0 Å². The smallest absolute Gasteiger partial charge is 0.328 e. The van der Waals surface area contributed by atoms with E-state index in [0.717, 1.165) is 18.4 Å². The Morgan fingerprint density at radius 2 is 2.11 bits per heavy atom. The number of hydrogen-bond donors (Lipinski definition) is 1. The van der Waals surface area contributed by atoms with E-state index in [1.807, 2.05) is 18.2 Å². The molecule has 0 bridgehead atoms. The monoisotopic (exact) mass is 392 g/mol. The van der Waals surface area contributed by atoms with Gasteiger partial charge in [-0.15, -0.1) is 0 Å². The van der Waals surface area contributed by atoms with E-state index in [1.165, 1.54) is 7.11 Å². The van der Waals surface area contributed by atoms with E-state index in [9.17, 15) is 14.4 Å². The Balaban J connectivity index is 1.59. The number of amides is 2. The lowest BCUT2D eigenvalue weighted by Gasteiger charge is -2.25. The van der Waals surface area contributed by atoms with Crippen molar-refractivity contribution in [3.05, 3.63) is 34.9 Å². The van der Waals surface area contributed by atoms with Crippen LogP contribution in [0.3, 0.4) is 0 Å². The maximum absolute atomic E-state index is 12.5. The molecule has 1 saturated carbocycles. The Kier molecular flexibility index (Phi) is 6.37. The van der Waals surface area contributed by atoms with Crippen molar-refractivity contribution in [2.75, 3.05) is 7.11 Å². The first-order chi connectivity index (χ1) is 13.0. The highest BCUT2D eigenvalue weighted by Gasteiger charge is 2.35. The minimum Gasteiger partial charge on any atom is -0.467 e. The summed E-state index contributed by atoms with van der Waals surface area (Å²) in [6.45, 7) is 0.430. The van der Waals surface area contributed by atoms with Gasteiger partial charge in [-0.3, -0.25) is 9.59 Å². The van der Waals surface area contributed by atoms with Crippen molar-refractivity contribution in [2.24, 2.45) is 5.92 Å². The van der Waals surface area contributed by atoms with Gasteiger partial charge < -0.3 is 15.0 Å². The predicted molar refractivity (Wildman–Crippen MR) is 101 cm³/mol. The third-order valence-electron chi connectivity index (χ3n) is 5.20. The molecule has 6 nitrogen and oxygen atoms in total. The van der Waals surface area contributed by atoms with E-state index in [4.69, 9.17) is 16.3 Å². The summed E-state index contributed by atoms with van der Waals surface area (Å²) in [5, 5.41) is 3.42.